The molecule has 0 radical (unpaired) electrons. The molecule has 1 heterocycles. The second kappa shape index (κ2) is 4.63. The van der Waals surface area contributed by atoms with Gasteiger partial charge in [0.05, 0.1) is 9.90 Å². The van der Waals surface area contributed by atoms with Gasteiger partial charge in [-0.15, -0.1) is 11.3 Å². The van der Waals surface area contributed by atoms with Crippen LogP contribution in [0.4, 0.5) is 0 Å². The van der Waals surface area contributed by atoms with Crippen molar-refractivity contribution < 1.29 is 4.79 Å². The first kappa shape index (κ1) is 10.5. The molecule has 0 saturated carbocycles. The van der Waals surface area contributed by atoms with Crippen molar-refractivity contribution in [2.24, 2.45) is 0 Å². The summed E-state index contributed by atoms with van der Waals surface area (Å²) in [5, 5.41) is 5.25. The van der Waals surface area contributed by atoms with Gasteiger partial charge in [-0.1, -0.05) is 18.5 Å². The van der Waals surface area contributed by atoms with Crippen LogP contribution in [0.25, 0.3) is 0 Å². The molecular formula is C9H12ClNOS. The maximum atomic E-state index is 11.5. The minimum Gasteiger partial charge on any atom is -0.349 e. The Kier molecular flexibility index (Phi) is 3.75. The number of nitrogens with one attached hydrogen (secondary N) is 1. The molecule has 0 spiro atoms. The third-order valence-electron chi connectivity index (χ3n) is 1.78. The monoisotopic (exact) mass is 217 g/mol. The molecule has 0 saturated heterocycles. The lowest BCUT2D eigenvalue weighted by Crippen LogP contribution is -2.31. The van der Waals surface area contributed by atoms with Crippen LogP contribution in [0.5, 0.6) is 0 Å². The predicted molar refractivity (Wildman–Crippen MR) is 56.5 cm³/mol. The summed E-state index contributed by atoms with van der Waals surface area (Å²) in [7, 11) is 0. The number of halogens is 1. The topological polar surface area (TPSA) is 29.1 Å². The van der Waals surface area contributed by atoms with E-state index in [-0.39, 0.29) is 11.9 Å². The minimum atomic E-state index is -0.0359. The third-order valence-corrected chi connectivity index (χ3v) is 3.06. The zero-order valence-electron chi connectivity index (χ0n) is 7.63. The fraction of sp³-hybridized carbons (Fsp3) is 0.444. The van der Waals surface area contributed by atoms with Crippen molar-refractivity contribution >= 4 is 28.8 Å². The van der Waals surface area contributed by atoms with E-state index in [1.165, 1.54) is 11.3 Å². The molecule has 1 amide bonds. The van der Waals surface area contributed by atoms with Gasteiger partial charge in [0.2, 0.25) is 0 Å². The Balaban J connectivity index is 2.58. The molecule has 13 heavy (non-hydrogen) atoms. The molecule has 0 aromatic carbocycles. The highest BCUT2D eigenvalue weighted by Gasteiger charge is 2.10. The van der Waals surface area contributed by atoms with Crippen molar-refractivity contribution in [1.82, 2.24) is 5.32 Å². The first-order chi connectivity index (χ1) is 6.13. The van der Waals surface area contributed by atoms with Crippen LogP contribution >= 0.6 is 22.9 Å². The second-order valence-electron chi connectivity index (χ2n) is 2.91. The second-order valence-corrected chi connectivity index (χ2v) is 4.26. The Morgan fingerprint density at radius 3 is 2.92 bits per heavy atom. The van der Waals surface area contributed by atoms with Crippen molar-refractivity contribution in [3.63, 3.8) is 0 Å². The van der Waals surface area contributed by atoms with Gasteiger partial charge in [-0.05, 0) is 19.4 Å². The third kappa shape index (κ3) is 3.01. The lowest BCUT2D eigenvalue weighted by atomic mass is 10.2. The van der Waals surface area contributed by atoms with E-state index < -0.39 is 0 Å². The summed E-state index contributed by atoms with van der Waals surface area (Å²) in [6.07, 6.45) is 0.935. The van der Waals surface area contributed by atoms with Crippen LogP contribution in [0.3, 0.4) is 0 Å². The first-order valence-corrected chi connectivity index (χ1v) is 5.44. The van der Waals surface area contributed by atoms with Gasteiger partial charge < -0.3 is 5.32 Å². The van der Waals surface area contributed by atoms with E-state index in [0.717, 1.165) is 6.42 Å². The molecule has 1 unspecified atom stereocenters. The van der Waals surface area contributed by atoms with Crippen LogP contribution in [0.1, 0.15) is 29.9 Å². The van der Waals surface area contributed by atoms with Crippen LogP contribution in [0.2, 0.25) is 5.02 Å². The van der Waals surface area contributed by atoms with Gasteiger partial charge in [0, 0.05) is 11.4 Å². The number of carbonyl (C=O) groups excluding carboxylic acids is 1. The molecule has 0 aliphatic heterocycles. The lowest BCUT2D eigenvalue weighted by molar-refractivity contribution is 0.0943. The molecule has 1 aromatic heterocycles. The smallest absolute Gasteiger partial charge is 0.261 e. The molecule has 4 heteroatoms. The van der Waals surface area contributed by atoms with E-state index in [9.17, 15) is 4.79 Å². The van der Waals surface area contributed by atoms with Crippen molar-refractivity contribution in [3.8, 4) is 0 Å². The quantitative estimate of drug-likeness (QED) is 0.829. The van der Waals surface area contributed by atoms with Gasteiger partial charge >= 0.3 is 0 Å². The summed E-state index contributed by atoms with van der Waals surface area (Å²) >= 11 is 7.07. The Hall–Kier alpha value is -0.540. The van der Waals surface area contributed by atoms with E-state index in [2.05, 4.69) is 5.32 Å². The molecule has 0 aliphatic carbocycles. The number of amides is 1. The molecule has 0 bridgehead atoms. The van der Waals surface area contributed by atoms with Gasteiger partial charge in [-0.2, -0.15) is 0 Å². The van der Waals surface area contributed by atoms with E-state index in [1.807, 2.05) is 13.8 Å². The summed E-state index contributed by atoms with van der Waals surface area (Å²) in [5.41, 5.74) is 0. The summed E-state index contributed by atoms with van der Waals surface area (Å²) in [6.45, 7) is 4.01. The highest BCUT2D eigenvalue weighted by molar-refractivity contribution is 7.12. The van der Waals surface area contributed by atoms with Gasteiger partial charge in [0.15, 0.2) is 0 Å². The summed E-state index contributed by atoms with van der Waals surface area (Å²) in [6, 6.07) is 1.90. The summed E-state index contributed by atoms with van der Waals surface area (Å²) in [5.74, 6) is -0.0359. The van der Waals surface area contributed by atoms with Crippen molar-refractivity contribution in [1.29, 1.82) is 0 Å². The predicted octanol–water partition coefficient (Wildman–Crippen LogP) is 2.93. The number of rotatable bonds is 3. The Morgan fingerprint density at radius 2 is 2.46 bits per heavy atom. The van der Waals surface area contributed by atoms with Crippen molar-refractivity contribution in [3.05, 3.63) is 21.3 Å². The largest absolute Gasteiger partial charge is 0.349 e. The van der Waals surface area contributed by atoms with Crippen LogP contribution in [-0.4, -0.2) is 11.9 Å². The fourth-order valence-corrected chi connectivity index (χ4v) is 1.81. The highest BCUT2D eigenvalue weighted by Crippen LogP contribution is 2.18. The Labute approximate surface area is 86.9 Å². The highest BCUT2D eigenvalue weighted by atomic mass is 35.5. The van der Waals surface area contributed by atoms with Crippen molar-refractivity contribution in [2.75, 3.05) is 0 Å². The molecule has 1 rings (SSSR count). The van der Waals surface area contributed by atoms with Crippen molar-refractivity contribution in [2.45, 2.75) is 26.3 Å². The zero-order chi connectivity index (χ0) is 9.84. The maximum absolute atomic E-state index is 11.5. The fourth-order valence-electron chi connectivity index (χ4n) is 0.829. The molecule has 1 aromatic rings. The van der Waals surface area contributed by atoms with Crippen LogP contribution in [0, 0.1) is 0 Å². The van der Waals surface area contributed by atoms with Crippen LogP contribution in [-0.2, 0) is 0 Å². The molecule has 72 valence electrons. The van der Waals surface area contributed by atoms with Gasteiger partial charge in [0.1, 0.15) is 0 Å². The Morgan fingerprint density at radius 1 is 1.77 bits per heavy atom. The van der Waals surface area contributed by atoms with E-state index in [0.29, 0.717) is 9.90 Å². The van der Waals surface area contributed by atoms with Gasteiger partial charge in [-0.3, -0.25) is 4.79 Å². The van der Waals surface area contributed by atoms with Gasteiger partial charge in [-0.25, -0.2) is 0 Å². The van der Waals surface area contributed by atoms with E-state index in [1.54, 1.807) is 11.4 Å². The van der Waals surface area contributed by atoms with Gasteiger partial charge in [0.25, 0.3) is 5.91 Å². The van der Waals surface area contributed by atoms with E-state index in [4.69, 9.17) is 11.6 Å². The normalized spacial score (nSPS) is 12.5. The average Bonchev–Trinajstić information content (AvgIpc) is 2.51. The number of carbonyl (C=O) groups is 1. The van der Waals surface area contributed by atoms with E-state index >= 15 is 0 Å². The number of thiophene rings is 1. The lowest BCUT2D eigenvalue weighted by Gasteiger charge is -2.09. The Bertz CT molecular complexity index is 298. The first-order valence-electron chi connectivity index (χ1n) is 4.18. The SMILES string of the molecule is CCC(C)NC(=O)c1cc(Cl)cs1. The molecule has 1 N–H and O–H groups in total. The summed E-state index contributed by atoms with van der Waals surface area (Å²) in [4.78, 5) is 12.1. The number of hydrogen-bond acceptors (Lipinski definition) is 2. The minimum absolute atomic E-state index is 0.0359. The summed E-state index contributed by atoms with van der Waals surface area (Å²) < 4.78 is 0. The van der Waals surface area contributed by atoms with Crippen LogP contribution < -0.4 is 5.32 Å². The molecule has 2 nitrogen and oxygen atoms in total. The number of hydrogen-bond donors (Lipinski definition) is 1. The molecule has 0 aliphatic rings. The molecule has 1 atom stereocenters. The standard InChI is InChI=1S/C9H12ClNOS/c1-3-6(2)11-9(12)8-4-7(10)5-13-8/h4-6H,3H2,1-2H3,(H,11,12). The molecular weight excluding hydrogens is 206 g/mol. The maximum Gasteiger partial charge on any atom is 0.261 e. The average molecular weight is 218 g/mol. The zero-order valence-corrected chi connectivity index (χ0v) is 9.21. The molecule has 0 fully saturated rings. The van der Waals surface area contributed by atoms with Crippen LogP contribution in [0.15, 0.2) is 11.4 Å².